The summed E-state index contributed by atoms with van der Waals surface area (Å²) in [5.41, 5.74) is 6.10. The normalized spacial score (nSPS) is 26.1. The largest absolute Gasteiger partial charge is 0.326 e. The third kappa shape index (κ3) is 3.81. The minimum atomic E-state index is 0.322. The van der Waals surface area contributed by atoms with Gasteiger partial charge in [-0.25, -0.2) is 0 Å². The standard InChI is InChI=1S/C12H23N3/c1-10(2)9-15(8-4-7-13)12-6-3-5-11(12)14/h10-12H,3-6,8-9,14H2,1-2H3. The summed E-state index contributed by atoms with van der Waals surface area (Å²) >= 11 is 0. The van der Waals surface area contributed by atoms with Gasteiger partial charge < -0.3 is 5.73 Å². The predicted octanol–water partition coefficient (Wildman–Crippen LogP) is 1.74. The summed E-state index contributed by atoms with van der Waals surface area (Å²) in [4.78, 5) is 2.42. The molecule has 0 saturated heterocycles. The van der Waals surface area contributed by atoms with E-state index in [-0.39, 0.29) is 0 Å². The molecule has 1 aliphatic carbocycles. The number of nitrogens with zero attached hydrogens (tertiary/aromatic N) is 2. The second-order valence-electron chi connectivity index (χ2n) is 4.96. The zero-order valence-electron chi connectivity index (χ0n) is 9.95. The molecule has 15 heavy (non-hydrogen) atoms. The molecule has 2 unspecified atom stereocenters. The predicted molar refractivity (Wildman–Crippen MR) is 62.3 cm³/mol. The van der Waals surface area contributed by atoms with Crippen molar-refractivity contribution in [3.8, 4) is 6.07 Å². The van der Waals surface area contributed by atoms with Crippen LogP contribution in [0, 0.1) is 17.2 Å². The van der Waals surface area contributed by atoms with Crippen molar-refractivity contribution < 1.29 is 0 Å². The van der Waals surface area contributed by atoms with Gasteiger partial charge in [0.05, 0.1) is 6.07 Å². The molecule has 0 bridgehead atoms. The van der Waals surface area contributed by atoms with E-state index in [1.54, 1.807) is 0 Å². The zero-order chi connectivity index (χ0) is 11.3. The second kappa shape index (κ2) is 6.09. The SMILES string of the molecule is CC(C)CN(CCC#N)C1CCCC1N. The molecular formula is C12H23N3. The summed E-state index contributed by atoms with van der Waals surface area (Å²) < 4.78 is 0. The smallest absolute Gasteiger partial charge is 0.0635 e. The molecule has 2 atom stereocenters. The molecule has 0 aromatic rings. The fraction of sp³-hybridized carbons (Fsp3) is 0.917. The first-order valence-electron chi connectivity index (χ1n) is 6.01. The third-order valence-corrected chi connectivity index (χ3v) is 3.11. The molecule has 0 radical (unpaired) electrons. The lowest BCUT2D eigenvalue weighted by molar-refractivity contribution is 0.169. The van der Waals surface area contributed by atoms with Gasteiger partial charge in [0.25, 0.3) is 0 Å². The first kappa shape index (κ1) is 12.5. The number of nitrogens with two attached hydrogens (primary N) is 1. The zero-order valence-corrected chi connectivity index (χ0v) is 9.95. The van der Waals surface area contributed by atoms with Crippen molar-refractivity contribution in [3.05, 3.63) is 0 Å². The Kier molecular flexibility index (Phi) is 5.07. The summed E-state index contributed by atoms with van der Waals surface area (Å²) in [6, 6.07) is 3.06. The van der Waals surface area contributed by atoms with Gasteiger partial charge in [0.15, 0.2) is 0 Å². The monoisotopic (exact) mass is 209 g/mol. The molecule has 0 aromatic heterocycles. The molecule has 3 heteroatoms. The van der Waals surface area contributed by atoms with Gasteiger partial charge in [0.2, 0.25) is 0 Å². The summed E-state index contributed by atoms with van der Waals surface area (Å²) in [6.45, 7) is 6.40. The molecule has 0 aliphatic heterocycles. The Labute approximate surface area is 93.2 Å². The Hall–Kier alpha value is -0.590. The van der Waals surface area contributed by atoms with Gasteiger partial charge in [0, 0.05) is 31.6 Å². The molecule has 0 aromatic carbocycles. The van der Waals surface area contributed by atoms with Crippen LogP contribution in [-0.2, 0) is 0 Å². The van der Waals surface area contributed by atoms with Crippen molar-refractivity contribution in [2.45, 2.75) is 51.6 Å². The summed E-state index contributed by atoms with van der Waals surface area (Å²) in [6.07, 6.45) is 4.22. The van der Waals surface area contributed by atoms with E-state index in [9.17, 15) is 0 Å². The summed E-state index contributed by atoms with van der Waals surface area (Å²) in [5, 5.41) is 8.65. The van der Waals surface area contributed by atoms with Crippen molar-refractivity contribution in [1.29, 1.82) is 5.26 Å². The van der Waals surface area contributed by atoms with E-state index in [2.05, 4.69) is 24.8 Å². The van der Waals surface area contributed by atoms with Crippen molar-refractivity contribution in [2.24, 2.45) is 11.7 Å². The Morgan fingerprint density at radius 2 is 2.20 bits per heavy atom. The minimum Gasteiger partial charge on any atom is -0.326 e. The number of hydrogen-bond acceptors (Lipinski definition) is 3. The lowest BCUT2D eigenvalue weighted by Gasteiger charge is -2.32. The van der Waals surface area contributed by atoms with Crippen molar-refractivity contribution >= 4 is 0 Å². The van der Waals surface area contributed by atoms with E-state index in [0.29, 0.717) is 24.4 Å². The molecule has 0 spiro atoms. The van der Waals surface area contributed by atoms with Crippen molar-refractivity contribution in [1.82, 2.24) is 4.90 Å². The quantitative estimate of drug-likeness (QED) is 0.750. The van der Waals surface area contributed by atoms with Crippen LogP contribution in [0.1, 0.15) is 39.5 Å². The molecule has 0 amide bonds. The van der Waals surface area contributed by atoms with E-state index in [1.807, 2.05) is 0 Å². The Bertz CT molecular complexity index is 219. The fourth-order valence-electron chi connectivity index (χ4n) is 2.48. The van der Waals surface area contributed by atoms with Crippen LogP contribution in [0.3, 0.4) is 0 Å². The topological polar surface area (TPSA) is 53.0 Å². The van der Waals surface area contributed by atoms with E-state index in [0.717, 1.165) is 19.5 Å². The van der Waals surface area contributed by atoms with Crippen LogP contribution in [0.2, 0.25) is 0 Å². The average molecular weight is 209 g/mol. The minimum absolute atomic E-state index is 0.322. The summed E-state index contributed by atoms with van der Waals surface area (Å²) in [5.74, 6) is 0.650. The van der Waals surface area contributed by atoms with Crippen LogP contribution >= 0.6 is 0 Å². The number of rotatable bonds is 5. The third-order valence-electron chi connectivity index (χ3n) is 3.11. The highest BCUT2D eigenvalue weighted by Gasteiger charge is 2.29. The van der Waals surface area contributed by atoms with Crippen LogP contribution in [0.5, 0.6) is 0 Å². The van der Waals surface area contributed by atoms with Crippen LogP contribution in [0.25, 0.3) is 0 Å². The van der Waals surface area contributed by atoms with Crippen LogP contribution < -0.4 is 5.73 Å². The van der Waals surface area contributed by atoms with Gasteiger partial charge in [0.1, 0.15) is 0 Å². The van der Waals surface area contributed by atoms with Crippen LogP contribution in [0.4, 0.5) is 0 Å². The molecule has 0 heterocycles. The van der Waals surface area contributed by atoms with Crippen molar-refractivity contribution in [2.75, 3.05) is 13.1 Å². The van der Waals surface area contributed by atoms with Crippen LogP contribution in [0.15, 0.2) is 0 Å². The van der Waals surface area contributed by atoms with Crippen molar-refractivity contribution in [3.63, 3.8) is 0 Å². The highest BCUT2D eigenvalue weighted by Crippen LogP contribution is 2.23. The van der Waals surface area contributed by atoms with Gasteiger partial charge in [-0.05, 0) is 18.8 Å². The highest BCUT2D eigenvalue weighted by atomic mass is 15.2. The molecular weight excluding hydrogens is 186 g/mol. The maximum absolute atomic E-state index is 8.65. The first-order chi connectivity index (χ1) is 7.15. The van der Waals surface area contributed by atoms with Gasteiger partial charge in [-0.3, -0.25) is 4.90 Å². The number of hydrogen-bond donors (Lipinski definition) is 1. The first-order valence-corrected chi connectivity index (χ1v) is 6.01. The van der Waals surface area contributed by atoms with E-state index in [4.69, 9.17) is 11.0 Å². The van der Waals surface area contributed by atoms with Gasteiger partial charge >= 0.3 is 0 Å². The van der Waals surface area contributed by atoms with Gasteiger partial charge in [-0.15, -0.1) is 0 Å². The molecule has 2 N–H and O–H groups in total. The lowest BCUT2D eigenvalue weighted by atomic mass is 10.1. The van der Waals surface area contributed by atoms with Gasteiger partial charge in [-0.1, -0.05) is 20.3 Å². The molecule has 3 nitrogen and oxygen atoms in total. The van der Waals surface area contributed by atoms with Gasteiger partial charge in [-0.2, -0.15) is 5.26 Å². The number of nitriles is 1. The van der Waals surface area contributed by atoms with Crippen LogP contribution in [-0.4, -0.2) is 30.1 Å². The molecule has 1 fully saturated rings. The lowest BCUT2D eigenvalue weighted by Crippen LogP contribution is -2.46. The Balaban J connectivity index is 2.50. The maximum atomic E-state index is 8.65. The summed E-state index contributed by atoms with van der Waals surface area (Å²) in [7, 11) is 0. The maximum Gasteiger partial charge on any atom is 0.0635 e. The molecule has 1 aliphatic rings. The molecule has 1 rings (SSSR count). The Morgan fingerprint density at radius 3 is 2.67 bits per heavy atom. The van der Waals surface area contributed by atoms with E-state index in [1.165, 1.54) is 12.8 Å². The van der Waals surface area contributed by atoms with E-state index < -0.39 is 0 Å². The fourth-order valence-corrected chi connectivity index (χ4v) is 2.48. The Morgan fingerprint density at radius 1 is 1.47 bits per heavy atom. The second-order valence-corrected chi connectivity index (χ2v) is 4.96. The van der Waals surface area contributed by atoms with E-state index >= 15 is 0 Å². The highest BCUT2D eigenvalue weighted by molar-refractivity contribution is 4.89. The average Bonchev–Trinajstić information content (AvgIpc) is 2.58. The molecule has 1 saturated carbocycles. The molecule has 86 valence electrons.